The van der Waals surface area contributed by atoms with Gasteiger partial charge in [0.2, 0.25) is 0 Å². The van der Waals surface area contributed by atoms with E-state index in [1.807, 2.05) is 13.2 Å². The summed E-state index contributed by atoms with van der Waals surface area (Å²) in [7, 11) is -0.0689. The molecule has 3 rings (SSSR count). The zero-order valence-corrected chi connectivity index (χ0v) is 23.1. The van der Waals surface area contributed by atoms with Crippen LogP contribution >= 0.6 is 0 Å². The van der Waals surface area contributed by atoms with Gasteiger partial charge in [-0.1, -0.05) is 104 Å². The fraction of sp³-hybridized carbons (Fsp3) is 0.467. The molecule has 0 amide bonds. The highest BCUT2D eigenvalue weighted by Crippen LogP contribution is 2.46. The lowest BCUT2D eigenvalue weighted by Crippen LogP contribution is -2.39. The van der Waals surface area contributed by atoms with E-state index in [1.165, 1.54) is 27.8 Å². The first-order valence-corrected chi connectivity index (χ1v) is 15.3. The predicted molar refractivity (Wildman–Crippen MR) is 145 cm³/mol. The second kappa shape index (κ2) is 9.17. The fourth-order valence-corrected chi connectivity index (χ4v) is 8.52. The second-order valence-corrected chi connectivity index (χ2v) is 17.0. The van der Waals surface area contributed by atoms with Gasteiger partial charge in [-0.2, -0.15) is 0 Å². The molecule has 0 fully saturated rings. The standard InChI is InChI=1S/C30H42O2Si/c1-11-16-32-27-22(17-23(29(2,3)4)19-25(27)30(5,6)7)20-33(9,10)28-24-15-13-12-14-21(24)18-26(28)31-8/h11-15,17-19,28H,1,16,20H2,2-10H3. The summed E-state index contributed by atoms with van der Waals surface area (Å²) >= 11 is 0. The molecule has 3 heteroatoms. The molecule has 0 radical (unpaired) electrons. The molecule has 0 bridgehead atoms. The Balaban J connectivity index is 2.16. The van der Waals surface area contributed by atoms with Gasteiger partial charge >= 0.3 is 0 Å². The Morgan fingerprint density at radius 3 is 2.24 bits per heavy atom. The minimum Gasteiger partial charge on any atom is -0.501 e. The number of benzene rings is 2. The summed E-state index contributed by atoms with van der Waals surface area (Å²) in [6, 6.07) is 14.5. The Labute approximate surface area is 202 Å². The molecule has 0 heterocycles. The summed E-state index contributed by atoms with van der Waals surface area (Å²) < 4.78 is 12.3. The summed E-state index contributed by atoms with van der Waals surface area (Å²) in [5.74, 6) is 2.15. The van der Waals surface area contributed by atoms with E-state index >= 15 is 0 Å². The monoisotopic (exact) mass is 462 g/mol. The Kier molecular flexibility index (Phi) is 7.05. The zero-order valence-electron chi connectivity index (χ0n) is 22.1. The average molecular weight is 463 g/mol. The van der Waals surface area contributed by atoms with E-state index in [9.17, 15) is 0 Å². The van der Waals surface area contributed by atoms with Crippen LogP contribution in [-0.2, 0) is 21.6 Å². The molecule has 2 aromatic carbocycles. The van der Waals surface area contributed by atoms with Gasteiger partial charge in [-0.3, -0.25) is 0 Å². The van der Waals surface area contributed by atoms with Crippen LogP contribution in [0.3, 0.4) is 0 Å². The van der Waals surface area contributed by atoms with Gasteiger partial charge in [0.25, 0.3) is 0 Å². The topological polar surface area (TPSA) is 18.5 Å². The quantitative estimate of drug-likeness (QED) is 0.307. The molecule has 1 atom stereocenters. The van der Waals surface area contributed by atoms with Crippen LogP contribution in [0.2, 0.25) is 13.1 Å². The Bertz CT molecular complexity index is 1050. The van der Waals surface area contributed by atoms with Crippen LogP contribution in [0.4, 0.5) is 0 Å². The molecule has 0 aliphatic heterocycles. The summed E-state index contributed by atoms with van der Waals surface area (Å²) in [4.78, 5) is 0. The number of fused-ring (bicyclic) bond motifs is 1. The largest absolute Gasteiger partial charge is 0.501 e. The van der Waals surface area contributed by atoms with Crippen LogP contribution < -0.4 is 4.74 Å². The molecule has 1 unspecified atom stereocenters. The van der Waals surface area contributed by atoms with Gasteiger partial charge in [-0.05, 0) is 45.2 Å². The van der Waals surface area contributed by atoms with Gasteiger partial charge in [0.15, 0.2) is 0 Å². The maximum atomic E-state index is 6.40. The van der Waals surface area contributed by atoms with Gasteiger partial charge in [0.05, 0.1) is 15.2 Å². The van der Waals surface area contributed by atoms with Crippen molar-refractivity contribution in [3.8, 4) is 5.75 Å². The van der Waals surface area contributed by atoms with Crippen molar-refractivity contribution >= 4 is 14.1 Å². The fourth-order valence-electron chi connectivity index (χ4n) is 4.99. The smallest absolute Gasteiger partial charge is 0.126 e. The minimum absolute atomic E-state index is 0.0181. The highest BCUT2D eigenvalue weighted by Gasteiger charge is 2.41. The van der Waals surface area contributed by atoms with Crippen LogP contribution in [0.1, 0.15) is 74.9 Å². The number of ether oxygens (including phenoxy) is 2. The SMILES string of the molecule is C=CCOc1c(C[Si](C)(C)C2C(OC)=Cc3ccccc32)cc(C(C)(C)C)cc1C(C)(C)C. The minimum atomic E-state index is -1.88. The predicted octanol–water partition coefficient (Wildman–Crippen LogP) is 7.96. The highest BCUT2D eigenvalue weighted by atomic mass is 28.3. The van der Waals surface area contributed by atoms with Crippen molar-refractivity contribution in [3.63, 3.8) is 0 Å². The van der Waals surface area contributed by atoms with Gasteiger partial charge in [0.1, 0.15) is 18.1 Å². The van der Waals surface area contributed by atoms with E-state index in [-0.39, 0.29) is 10.8 Å². The summed E-state index contributed by atoms with van der Waals surface area (Å²) in [5.41, 5.74) is 7.06. The maximum absolute atomic E-state index is 6.40. The van der Waals surface area contributed by atoms with E-state index in [1.54, 1.807) is 0 Å². The van der Waals surface area contributed by atoms with Crippen LogP contribution in [-0.4, -0.2) is 21.8 Å². The first-order valence-electron chi connectivity index (χ1n) is 12.1. The Hall–Kier alpha value is -2.26. The summed E-state index contributed by atoms with van der Waals surface area (Å²) in [5, 5.41) is 0. The van der Waals surface area contributed by atoms with Crippen molar-refractivity contribution in [2.45, 2.75) is 77.1 Å². The second-order valence-electron chi connectivity index (χ2n) is 12.1. The van der Waals surface area contributed by atoms with E-state index in [0.29, 0.717) is 12.1 Å². The third kappa shape index (κ3) is 5.29. The molecule has 1 aliphatic carbocycles. The Morgan fingerprint density at radius 1 is 1.00 bits per heavy atom. The van der Waals surface area contributed by atoms with Crippen molar-refractivity contribution in [2.24, 2.45) is 0 Å². The molecule has 0 saturated carbocycles. The van der Waals surface area contributed by atoms with Crippen molar-refractivity contribution in [3.05, 3.63) is 82.6 Å². The maximum Gasteiger partial charge on any atom is 0.126 e. The third-order valence-electron chi connectivity index (χ3n) is 6.74. The van der Waals surface area contributed by atoms with Crippen molar-refractivity contribution in [1.82, 2.24) is 0 Å². The molecule has 33 heavy (non-hydrogen) atoms. The Morgan fingerprint density at radius 2 is 1.67 bits per heavy atom. The zero-order chi connectivity index (χ0) is 24.6. The number of hydrogen-bond acceptors (Lipinski definition) is 2. The molecular formula is C30H42O2Si. The van der Waals surface area contributed by atoms with Crippen LogP contribution in [0.15, 0.2) is 54.8 Å². The van der Waals surface area contributed by atoms with Gasteiger partial charge in [0, 0.05) is 11.1 Å². The van der Waals surface area contributed by atoms with E-state index < -0.39 is 8.07 Å². The molecule has 0 saturated heterocycles. The first kappa shape index (κ1) is 25.4. The lowest BCUT2D eigenvalue weighted by molar-refractivity contribution is 0.284. The van der Waals surface area contributed by atoms with Crippen LogP contribution in [0.5, 0.6) is 5.75 Å². The van der Waals surface area contributed by atoms with Gasteiger partial charge < -0.3 is 9.47 Å². The van der Waals surface area contributed by atoms with Gasteiger partial charge in [-0.15, -0.1) is 0 Å². The van der Waals surface area contributed by atoms with E-state index in [2.05, 4.69) is 104 Å². The first-order chi connectivity index (χ1) is 15.3. The molecule has 178 valence electrons. The average Bonchev–Trinajstić information content (AvgIpc) is 3.10. The lowest BCUT2D eigenvalue weighted by atomic mass is 9.79. The van der Waals surface area contributed by atoms with Crippen molar-refractivity contribution in [2.75, 3.05) is 13.7 Å². The van der Waals surface area contributed by atoms with E-state index in [4.69, 9.17) is 9.47 Å². The highest BCUT2D eigenvalue weighted by molar-refractivity contribution is 6.79. The molecule has 0 spiro atoms. The molecule has 0 aromatic heterocycles. The normalized spacial score (nSPS) is 16.3. The van der Waals surface area contributed by atoms with Gasteiger partial charge in [-0.25, -0.2) is 0 Å². The molecule has 0 N–H and O–H groups in total. The summed E-state index contributed by atoms with van der Waals surface area (Å²) in [6.07, 6.45) is 4.07. The van der Waals surface area contributed by atoms with Crippen LogP contribution in [0.25, 0.3) is 6.08 Å². The third-order valence-corrected chi connectivity index (χ3v) is 10.2. The van der Waals surface area contributed by atoms with Crippen LogP contribution in [0, 0.1) is 0 Å². The number of methoxy groups -OCH3 is 1. The summed E-state index contributed by atoms with van der Waals surface area (Å²) in [6.45, 7) is 23.1. The number of allylic oxidation sites excluding steroid dienone is 1. The number of hydrogen-bond donors (Lipinski definition) is 0. The molecule has 2 aromatic rings. The van der Waals surface area contributed by atoms with E-state index in [0.717, 1.165) is 17.6 Å². The molecular weight excluding hydrogens is 420 g/mol. The van der Waals surface area contributed by atoms with Crippen molar-refractivity contribution in [1.29, 1.82) is 0 Å². The number of rotatable bonds is 7. The van der Waals surface area contributed by atoms with Crippen molar-refractivity contribution < 1.29 is 9.47 Å². The lowest BCUT2D eigenvalue weighted by Gasteiger charge is -2.35. The molecule has 2 nitrogen and oxygen atoms in total. The molecule has 1 aliphatic rings.